The highest BCUT2D eigenvalue weighted by atomic mass is 16.4. The molecule has 0 saturated carbocycles. The van der Waals surface area contributed by atoms with Crippen LogP contribution in [0.2, 0.25) is 0 Å². The van der Waals surface area contributed by atoms with E-state index in [4.69, 9.17) is 16.6 Å². The van der Waals surface area contributed by atoms with Crippen LogP contribution in [0, 0.1) is 0 Å². The predicted molar refractivity (Wildman–Crippen MR) is 56.4 cm³/mol. The number of carboxylic acids is 1. The molecule has 0 heterocycles. The molecule has 0 amide bonds. The molecule has 1 unspecified atom stereocenters. The SMILES string of the molecule is NCCN(CCN)C(CCC=O)C(=O)O. The van der Waals surface area contributed by atoms with E-state index in [1.807, 2.05) is 0 Å². The number of nitrogens with two attached hydrogens (primary N) is 2. The van der Waals surface area contributed by atoms with E-state index < -0.39 is 12.0 Å². The van der Waals surface area contributed by atoms with Gasteiger partial charge in [0, 0.05) is 32.6 Å². The molecule has 0 aliphatic carbocycles. The number of rotatable bonds is 9. The normalized spacial score (nSPS) is 12.7. The van der Waals surface area contributed by atoms with Crippen LogP contribution in [-0.4, -0.2) is 54.5 Å². The first-order valence-corrected chi connectivity index (χ1v) is 4.98. The molecule has 0 rings (SSSR count). The smallest absolute Gasteiger partial charge is 0.320 e. The fraction of sp³-hybridized carbons (Fsp3) is 0.778. The van der Waals surface area contributed by atoms with E-state index in [1.54, 1.807) is 4.90 Å². The molecule has 5 N–H and O–H groups in total. The molecule has 0 aliphatic rings. The maximum atomic E-state index is 11.0. The molecule has 0 bridgehead atoms. The molecule has 0 radical (unpaired) electrons. The van der Waals surface area contributed by atoms with Crippen molar-refractivity contribution in [3.05, 3.63) is 0 Å². The highest BCUT2D eigenvalue weighted by molar-refractivity contribution is 5.73. The topological polar surface area (TPSA) is 110 Å². The molecule has 15 heavy (non-hydrogen) atoms. The maximum Gasteiger partial charge on any atom is 0.320 e. The molecule has 0 aliphatic heterocycles. The van der Waals surface area contributed by atoms with E-state index >= 15 is 0 Å². The highest BCUT2D eigenvalue weighted by Crippen LogP contribution is 2.06. The Morgan fingerprint density at radius 2 is 1.87 bits per heavy atom. The lowest BCUT2D eigenvalue weighted by molar-refractivity contribution is -0.143. The van der Waals surface area contributed by atoms with Crippen LogP contribution in [0.3, 0.4) is 0 Å². The van der Waals surface area contributed by atoms with Crippen LogP contribution in [0.1, 0.15) is 12.8 Å². The number of aldehydes is 1. The zero-order chi connectivity index (χ0) is 11.7. The molecular formula is C9H19N3O3. The second-order valence-electron chi connectivity index (χ2n) is 3.21. The van der Waals surface area contributed by atoms with E-state index in [1.165, 1.54) is 0 Å². The number of aliphatic carboxylic acids is 1. The molecule has 0 fully saturated rings. The van der Waals surface area contributed by atoms with Gasteiger partial charge in [-0.2, -0.15) is 0 Å². The monoisotopic (exact) mass is 217 g/mol. The van der Waals surface area contributed by atoms with Gasteiger partial charge in [-0.05, 0) is 6.42 Å². The molecule has 88 valence electrons. The van der Waals surface area contributed by atoms with Gasteiger partial charge in [-0.3, -0.25) is 9.69 Å². The number of hydrogen-bond acceptors (Lipinski definition) is 5. The predicted octanol–water partition coefficient (Wildman–Crippen LogP) is -1.36. The third kappa shape index (κ3) is 5.46. The summed E-state index contributed by atoms with van der Waals surface area (Å²) in [5, 5.41) is 8.98. The van der Waals surface area contributed by atoms with Gasteiger partial charge in [0.1, 0.15) is 12.3 Å². The molecule has 0 aromatic rings. The molecule has 0 saturated heterocycles. The zero-order valence-electron chi connectivity index (χ0n) is 8.76. The van der Waals surface area contributed by atoms with Crippen molar-refractivity contribution in [2.45, 2.75) is 18.9 Å². The fourth-order valence-corrected chi connectivity index (χ4v) is 1.44. The minimum absolute atomic E-state index is 0.239. The summed E-state index contributed by atoms with van der Waals surface area (Å²) >= 11 is 0. The van der Waals surface area contributed by atoms with E-state index in [2.05, 4.69) is 0 Å². The van der Waals surface area contributed by atoms with Crippen LogP contribution in [0.15, 0.2) is 0 Å². The van der Waals surface area contributed by atoms with Crippen LogP contribution in [-0.2, 0) is 9.59 Å². The molecule has 0 aromatic heterocycles. The van der Waals surface area contributed by atoms with Crippen LogP contribution >= 0.6 is 0 Å². The lowest BCUT2D eigenvalue weighted by atomic mass is 10.1. The Labute approximate surface area is 89.2 Å². The Bertz CT molecular complexity index is 193. The van der Waals surface area contributed by atoms with Gasteiger partial charge in [-0.25, -0.2) is 0 Å². The van der Waals surface area contributed by atoms with Crippen molar-refractivity contribution in [1.82, 2.24) is 4.90 Å². The Morgan fingerprint density at radius 1 is 1.33 bits per heavy atom. The molecular weight excluding hydrogens is 198 g/mol. The van der Waals surface area contributed by atoms with E-state index in [0.29, 0.717) is 32.6 Å². The van der Waals surface area contributed by atoms with Gasteiger partial charge in [0.2, 0.25) is 0 Å². The standard InChI is InChI=1S/C9H19N3O3/c10-3-5-12(6-4-11)8(9(14)15)2-1-7-13/h7-8H,1-6,10-11H2,(H,14,15). The Kier molecular flexibility index (Phi) is 7.79. The average Bonchev–Trinajstić information content (AvgIpc) is 2.18. The largest absolute Gasteiger partial charge is 0.480 e. The zero-order valence-corrected chi connectivity index (χ0v) is 8.76. The van der Waals surface area contributed by atoms with Gasteiger partial charge in [0.05, 0.1) is 0 Å². The summed E-state index contributed by atoms with van der Waals surface area (Å²) in [6.45, 7) is 1.72. The second kappa shape index (κ2) is 8.34. The minimum atomic E-state index is -0.932. The lowest BCUT2D eigenvalue weighted by Crippen LogP contribution is -2.46. The number of nitrogens with zero attached hydrogens (tertiary/aromatic N) is 1. The van der Waals surface area contributed by atoms with Crippen molar-refractivity contribution in [3.63, 3.8) is 0 Å². The Morgan fingerprint density at radius 3 is 2.20 bits per heavy atom. The van der Waals surface area contributed by atoms with Gasteiger partial charge < -0.3 is 21.4 Å². The van der Waals surface area contributed by atoms with Crippen molar-refractivity contribution < 1.29 is 14.7 Å². The molecule has 0 spiro atoms. The fourth-order valence-electron chi connectivity index (χ4n) is 1.44. The van der Waals surface area contributed by atoms with Crippen LogP contribution in [0.25, 0.3) is 0 Å². The molecule has 6 heteroatoms. The maximum absolute atomic E-state index is 11.0. The summed E-state index contributed by atoms with van der Waals surface area (Å²) in [4.78, 5) is 22.9. The van der Waals surface area contributed by atoms with Crippen molar-refractivity contribution in [2.24, 2.45) is 11.5 Å². The van der Waals surface area contributed by atoms with Gasteiger partial charge in [-0.1, -0.05) is 0 Å². The molecule has 0 aromatic carbocycles. The van der Waals surface area contributed by atoms with Gasteiger partial charge >= 0.3 is 5.97 Å². The Hall–Kier alpha value is -0.980. The number of carbonyl (C=O) groups is 2. The summed E-state index contributed by atoms with van der Waals surface area (Å²) < 4.78 is 0. The van der Waals surface area contributed by atoms with Crippen molar-refractivity contribution in [3.8, 4) is 0 Å². The van der Waals surface area contributed by atoms with E-state index in [9.17, 15) is 9.59 Å². The number of hydrogen-bond donors (Lipinski definition) is 3. The van der Waals surface area contributed by atoms with Crippen molar-refractivity contribution in [1.29, 1.82) is 0 Å². The van der Waals surface area contributed by atoms with Crippen LogP contribution < -0.4 is 11.5 Å². The van der Waals surface area contributed by atoms with Gasteiger partial charge in [0.15, 0.2) is 0 Å². The average molecular weight is 217 g/mol. The first kappa shape index (κ1) is 14.0. The minimum Gasteiger partial charge on any atom is -0.480 e. The first-order chi connectivity index (χ1) is 7.17. The Balaban J connectivity index is 4.36. The quantitative estimate of drug-likeness (QED) is 0.411. The van der Waals surface area contributed by atoms with E-state index in [-0.39, 0.29) is 6.42 Å². The summed E-state index contributed by atoms with van der Waals surface area (Å²) in [5.41, 5.74) is 10.8. The molecule has 1 atom stereocenters. The van der Waals surface area contributed by atoms with Crippen molar-refractivity contribution in [2.75, 3.05) is 26.2 Å². The van der Waals surface area contributed by atoms with Crippen molar-refractivity contribution >= 4 is 12.3 Å². The summed E-state index contributed by atoms with van der Waals surface area (Å²) in [6, 6.07) is -0.665. The summed E-state index contributed by atoms with van der Waals surface area (Å²) in [6.07, 6.45) is 1.26. The van der Waals surface area contributed by atoms with Gasteiger partial charge in [-0.15, -0.1) is 0 Å². The third-order valence-corrected chi connectivity index (χ3v) is 2.12. The highest BCUT2D eigenvalue weighted by Gasteiger charge is 2.23. The third-order valence-electron chi connectivity index (χ3n) is 2.12. The van der Waals surface area contributed by atoms with Crippen LogP contribution in [0.4, 0.5) is 0 Å². The number of carbonyl (C=O) groups excluding carboxylic acids is 1. The van der Waals surface area contributed by atoms with Crippen LogP contribution in [0.5, 0.6) is 0 Å². The van der Waals surface area contributed by atoms with E-state index in [0.717, 1.165) is 6.29 Å². The first-order valence-electron chi connectivity index (χ1n) is 4.98. The van der Waals surface area contributed by atoms with Gasteiger partial charge in [0.25, 0.3) is 0 Å². The molecule has 6 nitrogen and oxygen atoms in total. The lowest BCUT2D eigenvalue weighted by Gasteiger charge is -2.27. The summed E-state index contributed by atoms with van der Waals surface area (Å²) in [5.74, 6) is -0.932. The summed E-state index contributed by atoms with van der Waals surface area (Å²) in [7, 11) is 0. The number of carboxylic acid groups (broad SMARTS) is 1. The second-order valence-corrected chi connectivity index (χ2v) is 3.21.